The van der Waals surface area contributed by atoms with Crippen LogP contribution in [0.1, 0.15) is 61.2 Å². The van der Waals surface area contributed by atoms with Crippen LogP contribution in [0.2, 0.25) is 0 Å². The molecule has 0 saturated heterocycles. The molecule has 1 heterocycles. The van der Waals surface area contributed by atoms with Gasteiger partial charge in [0.2, 0.25) is 0 Å². The van der Waals surface area contributed by atoms with Crippen LogP contribution in [-0.2, 0) is 5.60 Å². The minimum Gasteiger partial charge on any atom is -0.478 e. The van der Waals surface area contributed by atoms with Crippen molar-refractivity contribution in [2.24, 2.45) is 11.8 Å². The SMILES string of the molecule is CC(C)CC1CCCC(O)(c2sccc2C(=O)O)C1. The first-order valence-corrected chi connectivity index (χ1v) is 7.84. The van der Waals surface area contributed by atoms with Crippen LogP contribution >= 0.6 is 11.3 Å². The van der Waals surface area contributed by atoms with E-state index in [4.69, 9.17) is 0 Å². The third kappa shape index (κ3) is 3.18. The molecule has 1 aliphatic rings. The Bertz CT molecular complexity index is 452. The Kier molecular flexibility index (Phi) is 4.31. The van der Waals surface area contributed by atoms with Gasteiger partial charge in [0.05, 0.1) is 16.0 Å². The van der Waals surface area contributed by atoms with Crippen LogP contribution in [0.3, 0.4) is 0 Å². The lowest BCUT2D eigenvalue weighted by Crippen LogP contribution is -2.33. The topological polar surface area (TPSA) is 57.5 Å². The van der Waals surface area contributed by atoms with E-state index in [1.165, 1.54) is 11.3 Å². The number of rotatable bonds is 4. The number of carboxylic acid groups (broad SMARTS) is 1. The number of aliphatic hydroxyl groups is 1. The molecule has 0 aromatic carbocycles. The molecule has 1 saturated carbocycles. The van der Waals surface area contributed by atoms with E-state index in [9.17, 15) is 15.0 Å². The summed E-state index contributed by atoms with van der Waals surface area (Å²) in [5.41, 5.74) is -0.655. The molecule has 0 radical (unpaired) electrons. The standard InChI is InChI=1S/C15H22O3S/c1-10(2)8-11-4-3-6-15(18,9-11)13-12(14(16)17)5-7-19-13/h5,7,10-11,18H,3-4,6,8-9H2,1-2H3,(H,16,17). The first kappa shape index (κ1) is 14.5. The summed E-state index contributed by atoms with van der Waals surface area (Å²) in [6.45, 7) is 4.39. The van der Waals surface area contributed by atoms with Gasteiger partial charge in [-0.1, -0.05) is 20.3 Å². The number of thiophene rings is 1. The zero-order valence-corrected chi connectivity index (χ0v) is 12.4. The van der Waals surface area contributed by atoms with Crippen LogP contribution in [0.25, 0.3) is 0 Å². The second-order valence-corrected chi connectivity index (χ2v) is 7.01. The highest BCUT2D eigenvalue weighted by Gasteiger charge is 2.39. The summed E-state index contributed by atoms with van der Waals surface area (Å²) in [6, 6.07) is 1.60. The normalized spacial score (nSPS) is 27.7. The lowest BCUT2D eigenvalue weighted by molar-refractivity contribution is -0.0222. The van der Waals surface area contributed by atoms with E-state index in [0.717, 1.165) is 19.3 Å². The van der Waals surface area contributed by atoms with Crippen molar-refractivity contribution < 1.29 is 15.0 Å². The van der Waals surface area contributed by atoms with Gasteiger partial charge in [0.15, 0.2) is 0 Å². The maximum atomic E-state index is 11.2. The molecule has 2 N–H and O–H groups in total. The maximum absolute atomic E-state index is 11.2. The summed E-state index contributed by atoms with van der Waals surface area (Å²) >= 11 is 1.37. The molecule has 3 nitrogen and oxygen atoms in total. The maximum Gasteiger partial charge on any atom is 0.336 e. The molecule has 1 aromatic heterocycles. The predicted octanol–water partition coefficient (Wildman–Crippen LogP) is 3.87. The van der Waals surface area contributed by atoms with E-state index >= 15 is 0 Å². The van der Waals surface area contributed by atoms with Gasteiger partial charge >= 0.3 is 5.97 Å². The van der Waals surface area contributed by atoms with Gasteiger partial charge in [-0.05, 0) is 49.0 Å². The summed E-state index contributed by atoms with van der Waals surface area (Å²) in [5, 5.41) is 21.9. The zero-order chi connectivity index (χ0) is 14.0. The predicted molar refractivity (Wildman–Crippen MR) is 76.6 cm³/mol. The molecule has 2 rings (SSSR count). The number of aromatic carboxylic acids is 1. The molecule has 1 aliphatic carbocycles. The van der Waals surface area contributed by atoms with E-state index < -0.39 is 11.6 Å². The van der Waals surface area contributed by atoms with Crippen LogP contribution in [0.5, 0.6) is 0 Å². The minimum atomic E-state index is -0.935. The van der Waals surface area contributed by atoms with Gasteiger partial charge in [0.25, 0.3) is 0 Å². The van der Waals surface area contributed by atoms with Gasteiger partial charge in [-0.25, -0.2) is 4.79 Å². The highest BCUT2D eigenvalue weighted by Crippen LogP contribution is 2.44. The Balaban J connectivity index is 2.21. The van der Waals surface area contributed by atoms with Crippen molar-refractivity contribution in [3.63, 3.8) is 0 Å². The third-order valence-electron chi connectivity index (χ3n) is 3.95. The molecule has 2 unspecified atom stereocenters. The molecule has 1 fully saturated rings. The average Bonchev–Trinajstić information content (AvgIpc) is 2.77. The van der Waals surface area contributed by atoms with Crippen molar-refractivity contribution in [2.45, 2.75) is 51.6 Å². The number of hydrogen-bond acceptors (Lipinski definition) is 3. The van der Waals surface area contributed by atoms with Crippen molar-refractivity contribution >= 4 is 17.3 Å². The molecule has 0 spiro atoms. The summed E-state index contributed by atoms with van der Waals surface area (Å²) in [7, 11) is 0. The minimum absolute atomic E-state index is 0.276. The molecular weight excluding hydrogens is 260 g/mol. The van der Waals surface area contributed by atoms with E-state index in [2.05, 4.69) is 13.8 Å². The monoisotopic (exact) mass is 282 g/mol. The summed E-state index contributed by atoms with van der Waals surface area (Å²) < 4.78 is 0. The number of hydrogen-bond donors (Lipinski definition) is 2. The lowest BCUT2D eigenvalue weighted by Gasteiger charge is -2.37. The fourth-order valence-corrected chi connectivity index (χ4v) is 4.30. The van der Waals surface area contributed by atoms with E-state index in [1.54, 1.807) is 11.4 Å². The molecule has 4 heteroatoms. The largest absolute Gasteiger partial charge is 0.478 e. The molecule has 106 valence electrons. The molecular formula is C15H22O3S. The first-order valence-electron chi connectivity index (χ1n) is 6.96. The van der Waals surface area contributed by atoms with Crippen LogP contribution in [0.15, 0.2) is 11.4 Å². The summed E-state index contributed by atoms with van der Waals surface area (Å²) in [4.78, 5) is 11.9. The molecule has 0 bridgehead atoms. The third-order valence-corrected chi connectivity index (χ3v) is 5.06. The number of carbonyl (C=O) groups is 1. The van der Waals surface area contributed by atoms with Gasteiger partial charge < -0.3 is 10.2 Å². The van der Waals surface area contributed by atoms with Crippen molar-refractivity contribution in [1.29, 1.82) is 0 Å². The van der Waals surface area contributed by atoms with Crippen molar-refractivity contribution in [3.8, 4) is 0 Å². The molecule has 2 atom stereocenters. The van der Waals surface area contributed by atoms with Crippen LogP contribution < -0.4 is 0 Å². The van der Waals surface area contributed by atoms with Crippen LogP contribution in [-0.4, -0.2) is 16.2 Å². The fraction of sp³-hybridized carbons (Fsp3) is 0.667. The molecule has 19 heavy (non-hydrogen) atoms. The molecule has 0 amide bonds. The average molecular weight is 282 g/mol. The molecule has 1 aromatic rings. The smallest absolute Gasteiger partial charge is 0.336 e. The fourth-order valence-electron chi connectivity index (χ4n) is 3.28. The Morgan fingerprint density at radius 3 is 2.95 bits per heavy atom. The van der Waals surface area contributed by atoms with Crippen LogP contribution in [0.4, 0.5) is 0 Å². The van der Waals surface area contributed by atoms with E-state index in [0.29, 0.717) is 29.6 Å². The van der Waals surface area contributed by atoms with Crippen molar-refractivity contribution in [1.82, 2.24) is 0 Å². The zero-order valence-electron chi connectivity index (χ0n) is 11.6. The van der Waals surface area contributed by atoms with Gasteiger partial charge in [-0.3, -0.25) is 0 Å². The van der Waals surface area contributed by atoms with Gasteiger partial charge in [-0.2, -0.15) is 0 Å². The second kappa shape index (κ2) is 5.63. The van der Waals surface area contributed by atoms with Gasteiger partial charge in [-0.15, -0.1) is 11.3 Å². The van der Waals surface area contributed by atoms with E-state index in [1.807, 2.05) is 0 Å². The Morgan fingerprint density at radius 2 is 2.32 bits per heavy atom. The Hall–Kier alpha value is -0.870. The lowest BCUT2D eigenvalue weighted by atomic mass is 9.74. The van der Waals surface area contributed by atoms with Crippen molar-refractivity contribution in [3.05, 3.63) is 21.9 Å². The Labute approximate surface area is 118 Å². The number of carboxylic acids is 1. The van der Waals surface area contributed by atoms with Crippen molar-refractivity contribution in [2.75, 3.05) is 0 Å². The summed E-state index contributed by atoms with van der Waals surface area (Å²) in [6.07, 6.45) is 4.61. The highest BCUT2D eigenvalue weighted by atomic mass is 32.1. The quantitative estimate of drug-likeness (QED) is 0.881. The van der Waals surface area contributed by atoms with Crippen LogP contribution in [0, 0.1) is 11.8 Å². The Morgan fingerprint density at radius 1 is 1.58 bits per heavy atom. The molecule has 0 aliphatic heterocycles. The van der Waals surface area contributed by atoms with Gasteiger partial charge in [0.1, 0.15) is 0 Å². The second-order valence-electron chi connectivity index (χ2n) is 6.09. The van der Waals surface area contributed by atoms with E-state index in [-0.39, 0.29) is 5.56 Å². The summed E-state index contributed by atoms with van der Waals surface area (Å²) in [5.74, 6) is 0.188. The highest BCUT2D eigenvalue weighted by molar-refractivity contribution is 7.10. The van der Waals surface area contributed by atoms with Gasteiger partial charge in [0, 0.05) is 0 Å². The first-order chi connectivity index (χ1) is 8.92.